The number of hydrogen-bond donors (Lipinski definition) is 1. The molecule has 1 aliphatic rings. The molecule has 2 atom stereocenters. The zero-order valence-electron chi connectivity index (χ0n) is 10.9. The summed E-state index contributed by atoms with van der Waals surface area (Å²) in [6, 6.07) is 7.37. The number of nitrogens with zero attached hydrogens (tertiary/aromatic N) is 1. The van der Waals surface area contributed by atoms with Gasteiger partial charge < -0.3 is 9.84 Å². The molecule has 1 N–H and O–H groups in total. The summed E-state index contributed by atoms with van der Waals surface area (Å²) >= 11 is 3.35. The van der Waals surface area contributed by atoms with Crippen molar-refractivity contribution < 1.29 is 14.6 Å². The molecular formula is C14H18BrNO3. The van der Waals surface area contributed by atoms with Crippen LogP contribution >= 0.6 is 15.9 Å². The van der Waals surface area contributed by atoms with E-state index in [1.165, 1.54) is 0 Å². The number of Topliss-reactive ketones (excluding diaryl/α,β-unsaturated/α-hetero) is 1. The average Bonchev–Trinajstić information content (AvgIpc) is 2.38. The zero-order chi connectivity index (χ0) is 13.8. The summed E-state index contributed by atoms with van der Waals surface area (Å²) in [5.41, 5.74) is 0.711. The molecule has 5 heteroatoms. The lowest BCUT2D eigenvalue weighted by Gasteiger charge is -2.35. The normalized spacial score (nSPS) is 24.4. The van der Waals surface area contributed by atoms with Gasteiger partial charge in [-0.15, -0.1) is 0 Å². The molecule has 0 bridgehead atoms. The molecule has 0 aliphatic carbocycles. The van der Waals surface area contributed by atoms with Crippen molar-refractivity contribution in [2.75, 3.05) is 26.2 Å². The highest BCUT2D eigenvalue weighted by molar-refractivity contribution is 9.10. The summed E-state index contributed by atoms with van der Waals surface area (Å²) in [5.74, 6) is 0.0956. The lowest BCUT2D eigenvalue weighted by molar-refractivity contribution is -0.0926. The van der Waals surface area contributed by atoms with Crippen LogP contribution in [0.25, 0.3) is 0 Å². The number of carbonyl (C=O) groups is 1. The molecule has 19 heavy (non-hydrogen) atoms. The van der Waals surface area contributed by atoms with Crippen LogP contribution in [0.3, 0.4) is 0 Å². The van der Waals surface area contributed by atoms with Gasteiger partial charge in [-0.25, -0.2) is 0 Å². The maximum atomic E-state index is 12.2. The van der Waals surface area contributed by atoms with Crippen molar-refractivity contribution >= 4 is 21.7 Å². The van der Waals surface area contributed by atoms with Crippen molar-refractivity contribution in [1.82, 2.24) is 4.90 Å². The fourth-order valence-corrected chi connectivity index (χ4v) is 2.57. The van der Waals surface area contributed by atoms with E-state index in [1.54, 1.807) is 0 Å². The summed E-state index contributed by atoms with van der Waals surface area (Å²) in [7, 11) is 0. The Morgan fingerprint density at radius 3 is 2.74 bits per heavy atom. The highest BCUT2D eigenvalue weighted by Crippen LogP contribution is 2.14. The van der Waals surface area contributed by atoms with Gasteiger partial charge in [0.2, 0.25) is 0 Å². The van der Waals surface area contributed by atoms with E-state index < -0.39 is 0 Å². The molecule has 0 aromatic heterocycles. The summed E-state index contributed by atoms with van der Waals surface area (Å²) in [5, 5.41) is 9.17. The highest BCUT2D eigenvalue weighted by atomic mass is 79.9. The average molecular weight is 328 g/mol. The molecular weight excluding hydrogens is 310 g/mol. The van der Waals surface area contributed by atoms with Gasteiger partial charge in [-0.1, -0.05) is 28.1 Å². The van der Waals surface area contributed by atoms with Gasteiger partial charge in [-0.2, -0.15) is 0 Å². The number of hydrogen-bond acceptors (Lipinski definition) is 4. The van der Waals surface area contributed by atoms with Crippen molar-refractivity contribution in [3.63, 3.8) is 0 Å². The van der Waals surface area contributed by atoms with Crippen LogP contribution in [0.15, 0.2) is 28.7 Å². The molecule has 1 heterocycles. The molecule has 1 fully saturated rings. The van der Waals surface area contributed by atoms with E-state index in [-0.39, 0.29) is 24.6 Å². The molecule has 2 unspecified atom stereocenters. The summed E-state index contributed by atoms with van der Waals surface area (Å²) < 4.78 is 6.52. The van der Waals surface area contributed by atoms with E-state index in [4.69, 9.17) is 9.84 Å². The molecule has 0 amide bonds. The molecule has 1 aromatic carbocycles. The number of ether oxygens (including phenoxy) is 1. The number of aliphatic hydroxyl groups is 1. The molecule has 0 spiro atoms. The molecule has 1 aromatic rings. The van der Waals surface area contributed by atoms with Crippen LogP contribution in [0.5, 0.6) is 0 Å². The predicted molar refractivity (Wildman–Crippen MR) is 76.3 cm³/mol. The van der Waals surface area contributed by atoms with E-state index >= 15 is 0 Å². The number of halogens is 1. The maximum Gasteiger partial charge on any atom is 0.176 e. The Balaban J connectivity index is 1.96. The smallest absolute Gasteiger partial charge is 0.176 e. The molecule has 4 nitrogen and oxygen atoms in total. The Hall–Kier alpha value is -0.750. The lowest BCUT2D eigenvalue weighted by atomic mass is 10.1. The maximum absolute atomic E-state index is 12.2. The third kappa shape index (κ3) is 4.11. The monoisotopic (exact) mass is 327 g/mol. The van der Waals surface area contributed by atoms with Crippen LogP contribution < -0.4 is 0 Å². The van der Waals surface area contributed by atoms with Gasteiger partial charge in [0.05, 0.1) is 25.4 Å². The van der Waals surface area contributed by atoms with Crippen LogP contribution in [0.2, 0.25) is 0 Å². The van der Waals surface area contributed by atoms with Crippen LogP contribution in [0.1, 0.15) is 17.3 Å². The SMILES string of the molecule is CC1CN(CC(=O)c2ccc(Br)cc2)CC(CO)O1. The number of benzene rings is 1. The van der Waals surface area contributed by atoms with Gasteiger partial charge in [0.25, 0.3) is 0 Å². The Morgan fingerprint density at radius 2 is 2.11 bits per heavy atom. The van der Waals surface area contributed by atoms with Gasteiger partial charge >= 0.3 is 0 Å². The second kappa shape index (κ2) is 6.61. The Bertz CT molecular complexity index is 435. The molecule has 2 rings (SSSR count). The molecule has 1 saturated heterocycles. The van der Waals surface area contributed by atoms with Gasteiger partial charge in [-0.05, 0) is 19.1 Å². The molecule has 0 radical (unpaired) electrons. The molecule has 0 saturated carbocycles. The van der Waals surface area contributed by atoms with Crippen LogP contribution in [0.4, 0.5) is 0 Å². The summed E-state index contributed by atoms with van der Waals surface area (Å²) in [4.78, 5) is 14.2. The van der Waals surface area contributed by atoms with Crippen molar-refractivity contribution in [1.29, 1.82) is 0 Å². The van der Waals surface area contributed by atoms with Crippen LogP contribution in [-0.2, 0) is 4.74 Å². The van der Waals surface area contributed by atoms with Crippen molar-refractivity contribution in [2.45, 2.75) is 19.1 Å². The first kappa shape index (κ1) is 14.7. The quantitative estimate of drug-likeness (QED) is 0.855. The highest BCUT2D eigenvalue weighted by Gasteiger charge is 2.26. The first-order valence-corrected chi connectivity index (χ1v) is 7.15. The first-order valence-electron chi connectivity index (χ1n) is 6.36. The standard InChI is InChI=1S/C14H18BrNO3/c1-10-6-16(7-13(9-17)19-10)8-14(18)11-2-4-12(15)5-3-11/h2-5,10,13,17H,6-9H2,1H3. The zero-order valence-corrected chi connectivity index (χ0v) is 12.5. The van der Waals surface area contributed by atoms with E-state index in [0.717, 1.165) is 11.0 Å². The van der Waals surface area contributed by atoms with Gasteiger partial charge in [-0.3, -0.25) is 9.69 Å². The third-order valence-electron chi connectivity index (χ3n) is 3.14. The lowest BCUT2D eigenvalue weighted by Crippen LogP contribution is -2.49. The molecule has 1 aliphatic heterocycles. The van der Waals surface area contributed by atoms with E-state index in [2.05, 4.69) is 15.9 Å². The largest absolute Gasteiger partial charge is 0.394 e. The number of ketones is 1. The molecule has 104 valence electrons. The summed E-state index contributed by atoms with van der Waals surface area (Å²) in [6.07, 6.45) is -0.148. The number of morpholine rings is 1. The summed E-state index contributed by atoms with van der Waals surface area (Å²) in [6.45, 7) is 3.64. The van der Waals surface area contributed by atoms with E-state index in [9.17, 15) is 4.79 Å². The third-order valence-corrected chi connectivity index (χ3v) is 3.67. The number of carbonyl (C=O) groups excluding carboxylic acids is 1. The van der Waals surface area contributed by atoms with Crippen molar-refractivity contribution in [3.05, 3.63) is 34.3 Å². The first-order chi connectivity index (χ1) is 9.08. The Labute approximate surface area is 121 Å². The second-order valence-electron chi connectivity index (χ2n) is 4.88. The van der Waals surface area contributed by atoms with Gasteiger partial charge in [0, 0.05) is 23.1 Å². The van der Waals surface area contributed by atoms with E-state index in [0.29, 0.717) is 18.7 Å². The van der Waals surface area contributed by atoms with Crippen LogP contribution in [0, 0.1) is 0 Å². The minimum absolute atomic E-state index is 0.00663. The Morgan fingerprint density at radius 1 is 1.42 bits per heavy atom. The number of aliphatic hydroxyl groups excluding tert-OH is 1. The fraction of sp³-hybridized carbons (Fsp3) is 0.500. The second-order valence-corrected chi connectivity index (χ2v) is 5.79. The Kier molecular flexibility index (Phi) is 5.10. The number of rotatable bonds is 4. The fourth-order valence-electron chi connectivity index (χ4n) is 2.30. The van der Waals surface area contributed by atoms with Crippen LogP contribution in [-0.4, -0.2) is 54.2 Å². The minimum Gasteiger partial charge on any atom is -0.394 e. The van der Waals surface area contributed by atoms with Crippen molar-refractivity contribution in [3.8, 4) is 0 Å². The predicted octanol–water partition coefficient (Wildman–Crippen LogP) is 1.71. The van der Waals surface area contributed by atoms with Crippen molar-refractivity contribution in [2.24, 2.45) is 0 Å². The van der Waals surface area contributed by atoms with E-state index in [1.807, 2.05) is 36.1 Å². The van der Waals surface area contributed by atoms with Gasteiger partial charge in [0.15, 0.2) is 5.78 Å². The van der Waals surface area contributed by atoms with Gasteiger partial charge in [0.1, 0.15) is 0 Å². The minimum atomic E-state index is -0.193. The topological polar surface area (TPSA) is 49.8 Å².